The zero-order valence-electron chi connectivity index (χ0n) is 18.7. The molecular weight excluding hydrogens is 348 g/mol. The third kappa shape index (κ3) is 7.16. The van der Waals surface area contributed by atoms with Crippen molar-refractivity contribution in [2.24, 2.45) is 0 Å². The topological polar surface area (TPSA) is 43.8 Å². The maximum absolute atomic E-state index is 11.4. The maximum Gasteiger partial charge on any atom is 0.407 e. The van der Waals surface area contributed by atoms with Gasteiger partial charge in [0, 0.05) is 25.7 Å². The maximum atomic E-state index is 11.4. The van der Waals surface area contributed by atoms with Crippen molar-refractivity contribution in [3.8, 4) is 0 Å². The number of hydrogen-bond acceptors (Lipinski definition) is 2. The molecule has 0 spiro atoms. The van der Waals surface area contributed by atoms with Crippen LogP contribution in [0, 0.1) is 0 Å². The minimum absolute atomic E-state index is 0.126. The molecule has 1 fully saturated rings. The fourth-order valence-corrected chi connectivity index (χ4v) is 3.57. The van der Waals surface area contributed by atoms with E-state index in [1.807, 2.05) is 46.8 Å². The number of allylic oxidation sites excluding steroid dienone is 1. The molecule has 1 aromatic rings. The van der Waals surface area contributed by atoms with Crippen LogP contribution in [0.2, 0.25) is 0 Å². The summed E-state index contributed by atoms with van der Waals surface area (Å²) in [6.07, 6.45) is 5.24. The summed E-state index contributed by atoms with van der Waals surface area (Å²) < 4.78 is 0. The van der Waals surface area contributed by atoms with Crippen LogP contribution in [-0.4, -0.2) is 46.7 Å². The smallest absolute Gasteiger partial charge is 0.407 e. The lowest BCUT2D eigenvalue weighted by Crippen LogP contribution is -2.55. The predicted octanol–water partition coefficient (Wildman–Crippen LogP) is 6.38. The average Bonchev–Trinajstić information content (AvgIpc) is 2.76. The summed E-state index contributed by atoms with van der Waals surface area (Å²) in [5.74, 6) is 0. The van der Waals surface area contributed by atoms with Gasteiger partial charge in [0.15, 0.2) is 0 Å². The monoisotopic (exact) mass is 388 g/mol. The van der Waals surface area contributed by atoms with Gasteiger partial charge in [-0.1, -0.05) is 90.1 Å². The molecule has 4 heteroatoms. The van der Waals surface area contributed by atoms with Gasteiger partial charge in [-0.05, 0) is 24.5 Å². The minimum atomic E-state index is -0.818. The van der Waals surface area contributed by atoms with E-state index in [4.69, 9.17) is 0 Å². The highest BCUT2D eigenvalue weighted by Gasteiger charge is 2.34. The number of rotatable bonds is 6. The normalized spacial score (nSPS) is 18.1. The Morgan fingerprint density at radius 2 is 1.82 bits per heavy atom. The SMILES string of the molecule is C=C/C(=C\C)C(c1ccccc1)N1CCN(C(=O)O)CC1CCC.CC.CC. The van der Waals surface area contributed by atoms with Crippen LogP contribution in [-0.2, 0) is 0 Å². The Morgan fingerprint density at radius 3 is 2.29 bits per heavy atom. The summed E-state index contributed by atoms with van der Waals surface area (Å²) in [7, 11) is 0. The van der Waals surface area contributed by atoms with Crippen molar-refractivity contribution in [1.29, 1.82) is 0 Å². The predicted molar refractivity (Wildman–Crippen MR) is 121 cm³/mol. The van der Waals surface area contributed by atoms with E-state index in [0.717, 1.165) is 19.4 Å². The molecule has 0 bridgehead atoms. The third-order valence-electron chi connectivity index (χ3n) is 4.75. The highest BCUT2D eigenvalue weighted by Crippen LogP contribution is 2.33. The molecule has 1 saturated heterocycles. The molecule has 0 aromatic heterocycles. The van der Waals surface area contributed by atoms with Crippen LogP contribution in [0.1, 0.15) is 66.0 Å². The van der Waals surface area contributed by atoms with Gasteiger partial charge in [0.05, 0.1) is 6.04 Å². The van der Waals surface area contributed by atoms with E-state index >= 15 is 0 Å². The lowest BCUT2D eigenvalue weighted by molar-refractivity contribution is 0.0469. The zero-order chi connectivity index (χ0) is 21.5. The largest absolute Gasteiger partial charge is 0.465 e. The molecule has 0 saturated carbocycles. The van der Waals surface area contributed by atoms with Crippen molar-refractivity contribution in [1.82, 2.24) is 9.80 Å². The lowest BCUT2D eigenvalue weighted by Gasteiger charge is -2.45. The average molecular weight is 389 g/mol. The van der Waals surface area contributed by atoms with Crippen LogP contribution >= 0.6 is 0 Å². The fraction of sp³-hybridized carbons (Fsp3) is 0.542. The molecule has 1 aromatic carbocycles. The summed E-state index contributed by atoms with van der Waals surface area (Å²) in [4.78, 5) is 15.4. The Morgan fingerprint density at radius 1 is 1.21 bits per heavy atom. The van der Waals surface area contributed by atoms with Gasteiger partial charge in [-0.3, -0.25) is 4.90 Å². The second kappa shape index (κ2) is 14.9. The van der Waals surface area contributed by atoms with E-state index in [9.17, 15) is 9.90 Å². The van der Waals surface area contributed by atoms with Gasteiger partial charge in [0.25, 0.3) is 0 Å². The highest BCUT2D eigenvalue weighted by molar-refractivity contribution is 5.65. The van der Waals surface area contributed by atoms with Gasteiger partial charge < -0.3 is 10.0 Å². The van der Waals surface area contributed by atoms with E-state index < -0.39 is 6.09 Å². The highest BCUT2D eigenvalue weighted by atomic mass is 16.4. The molecule has 158 valence electrons. The van der Waals surface area contributed by atoms with Crippen LogP contribution < -0.4 is 0 Å². The van der Waals surface area contributed by atoms with Crippen LogP contribution in [0.3, 0.4) is 0 Å². The number of carboxylic acid groups (broad SMARTS) is 1. The van der Waals surface area contributed by atoms with Gasteiger partial charge in [0.2, 0.25) is 0 Å². The van der Waals surface area contributed by atoms with Gasteiger partial charge >= 0.3 is 6.09 Å². The standard InChI is InChI=1S/C20H28N2O2.2C2H6/c1-4-10-18-15-21(20(23)24)13-14-22(18)19(16(5-2)6-3)17-11-8-7-9-12-17;2*1-2/h5-9,11-12,18-19H,2,4,10,13-15H2,1,3H3,(H,23,24);2*1-2H3/b16-6+;;. The van der Waals surface area contributed by atoms with E-state index in [2.05, 4.69) is 48.7 Å². The van der Waals surface area contributed by atoms with Crippen molar-refractivity contribution in [3.05, 3.63) is 60.2 Å². The van der Waals surface area contributed by atoms with E-state index in [1.54, 1.807) is 4.90 Å². The minimum Gasteiger partial charge on any atom is -0.465 e. The van der Waals surface area contributed by atoms with Crippen molar-refractivity contribution < 1.29 is 9.90 Å². The van der Waals surface area contributed by atoms with Gasteiger partial charge in [-0.15, -0.1) is 0 Å². The molecule has 2 unspecified atom stereocenters. The third-order valence-corrected chi connectivity index (χ3v) is 4.75. The van der Waals surface area contributed by atoms with Gasteiger partial charge in [-0.25, -0.2) is 4.79 Å². The number of hydrogen-bond donors (Lipinski definition) is 1. The summed E-state index contributed by atoms with van der Waals surface area (Å²) in [5.41, 5.74) is 2.40. The van der Waals surface area contributed by atoms with Gasteiger partial charge in [0.1, 0.15) is 0 Å². The molecule has 1 aliphatic rings. The summed E-state index contributed by atoms with van der Waals surface area (Å²) in [6.45, 7) is 18.0. The zero-order valence-corrected chi connectivity index (χ0v) is 18.7. The van der Waals surface area contributed by atoms with Crippen LogP contribution in [0.25, 0.3) is 0 Å². The molecular formula is C24H40N2O2. The molecule has 1 amide bonds. The van der Waals surface area contributed by atoms with Gasteiger partial charge in [-0.2, -0.15) is 0 Å². The number of carbonyl (C=O) groups is 1. The second-order valence-electron chi connectivity index (χ2n) is 6.21. The van der Waals surface area contributed by atoms with Crippen LogP contribution in [0.4, 0.5) is 4.79 Å². The van der Waals surface area contributed by atoms with Crippen LogP contribution in [0.5, 0.6) is 0 Å². The first-order chi connectivity index (χ1) is 13.6. The summed E-state index contributed by atoms with van der Waals surface area (Å²) in [5, 5.41) is 9.35. The van der Waals surface area contributed by atoms with E-state index in [0.29, 0.717) is 13.1 Å². The van der Waals surface area contributed by atoms with E-state index in [-0.39, 0.29) is 12.1 Å². The van der Waals surface area contributed by atoms with E-state index in [1.165, 1.54) is 11.1 Å². The number of amides is 1. The Labute approximate surface area is 172 Å². The quantitative estimate of drug-likeness (QED) is 0.575. The molecule has 28 heavy (non-hydrogen) atoms. The summed E-state index contributed by atoms with van der Waals surface area (Å²) >= 11 is 0. The van der Waals surface area contributed by atoms with Crippen molar-refractivity contribution >= 4 is 6.09 Å². The van der Waals surface area contributed by atoms with Crippen LogP contribution in [0.15, 0.2) is 54.6 Å². The van der Waals surface area contributed by atoms with Crippen molar-refractivity contribution in [3.63, 3.8) is 0 Å². The Hall–Kier alpha value is -2.07. The van der Waals surface area contributed by atoms with Crippen molar-refractivity contribution in [2.75, 3.05) is 19.6 Å². The molecule has 2 atom stereocenters. The first kappa shape index (κ1) is 25.9. The Balaban J connectivity index is 0.00000171. The lowest BCUT2D eigenvalue weighted by atomic mass is 9.93. The van der Waals surface area contributed by atoms with Crippen molar-refractivity contribution in [2.45, 2.75) is 66.5 Å². The fourth-order valence-electron chi connectivity index (χ4n) is 3.57. The molecule has 0 aliphatic carbocycles. The number of benzene rings is 1. The second-order valence-corrected chi connectivity index (χ2v) is 6.21. The molecule has 4 nitrogen and oxygen atoms in total. The number of nitrogens with zero attached hydrogens (tertiary/aromatic N) is 2. The first-order valence-electron chi connectivity index (χ1n) is 10.7. The Kier molecular flexibility index (Phi) is 13.8. The molecule has 2 rings (SSSR count). The Bertz CT molecular complexity index is 584. The molecule has 1 N–H and O–H groups in total. The molecule has 1 aliphatic heterocycles. The number of piperazine rings is 1. The first-order valence-corrected chi connectivity index (χ1v) is 10.7. The molecule has 1 heterocycles. The molecule has 0 radical (unpaired) electrons. The summed E-state index contributed by atoms with van der Waals surface area (Å²) in [6, 6.07) is 10.8.